The Labute approximate surface area is 502 Å². The summed E-state index contributed by atoms with van der Waals surface area (Å²) in [7, 11) is 0. The predicted octanol–water partition coefficient (Wildman–Crippen LogP) is 9.27. The fourth-order valence-electron chi connectivity index (χ4n) is 8.28. The third-order valence-corrected chi connectivity index (χ3v) is 13.9. The topological polar surface area (TPSA) is 247 Å². The molecule has 0 bridgehead atoms. The molecular formula is C65H119N7O11. The monoisotopic (exact) mass is 1170 g/mol. The third kappa shape index (κ3) is 35.0. The highest BCUT2D eigenvalue weighted by molar-refractivity contribution is 6.00. The summed E-state index contributed by atoms with van der Waals surface area (Å²) >= 11 is 0. The van der Waals surface area contributed by atoms with E-state index in [2.05, 4.69) is 80.4 Å². The minimum atomic E-state index is -0.480. The van der Waals surface area contributed by atoms with Crippen LogP contribution in [0, 0.1) is 54.1 Å². The number of ether oxygens (including phenoxy) is 5. The molecule has 480 valence electrons. The van der Waals surface area contributed by atoms with Crippen LogP contribution in [0.1, 0.15) is 205 Å². The summed E-state index contributed by atoms with van der Waals surface area (Å²) in [5.74, 6) is -0.533. The Balaban J connectivity index is 2.68. The van der Waals surface area contributed by atoms with E-state index in [1.54, 1.807) is 12.1 Å². The zero-order valence-electron chi connectivity index (χ0n) is 56.1. The highest BCUT2D eigenvalue weighted by Crippen LogP contribution is 2.32. The van der Waals surface area contributed by atoms with Crippen LogP contribution in [0.5, 0.6) is 5.75 Å². The molecule has 6 amide bonds. The predicted molar refractivity (Wildman–Crippen MR) is 333 cm³/mol. The minimum absolute atomic E-state index is 0.0113. The SMILES string of the molecule is CCC(=O)NCC(C)(C)COCC(C)(C)CNC(=O)CC(C)(C)COCC(C)(C)CNC(=O)c1cc(OCCN)cc(C(=O)NCC(C)(C)COCC(C)(C)CC(=O)NCC(C)(C)COCC(C)(C)CNC(=O)C(C)(C)CCC(C)(C)C)c1. The first-order valence-corrected chi connectivity index (χ1v) is 30.2. The van der Waals surface area contributed by atoms with E-state index in [-0.39, 0.29) is 113 Å². The Hall–Kier alpha value is -4.36. The Morgan fingerprint density at radius 2 is 0.699 bits per heavy atom. The van der Waals surface area contributed by atoms with Crippen LogP contribution < -0.4 is 42.4 Å². The number of benzene rings is 1. The number of amides is 6. The highest BCUT2D eigenvalue weighted by atomic mass is 16.5. The largest absolute Gasteiger partial charge is 0.492 e. The Kier molecular flexibility index (Phi) is 30.4. The van der Waals surface area contributed by atoms with E-state index < -0.39 is 27.1 Å². The fraction of sp³-hybridized carbons (Fsp3) is 0.815. The normalized spacial score (nSPS) is 13.3. The summed E-state index contributed by atoms with van der Waals surface area (Å²) in [5, 5.41) is 18.2. The van der Waals surface area contributed by atoms with Gasteiger partial charge in [0, 0.05) is 114 Å². The van der Waals surface area contributed by atoms with E-state index in [0.717, 1.165) is 12.8 Å². The maximum atomic E-state index is 13.7. The molecule has 1 aromatic rings. The van der Waals surface area contributed by atoms with Crippen LogP contribution in [0.15, 0.2) is 18.2 Å². The first-order chi connectivity index (χ1) is 37.7. The van der Waals surface area contributed by atoms with Gasteiger partial charge in [0.1, 0.15) is 12.4 Å². The van der Waals surface area contributed by atoms with Gasteiger partial charge in [-0.1, -0.05) is 152 Å². The molecule has 0 radical (unpaired) electrons. The van der Waals surface area contributed by atoms with Crippen molar-refractivity contribution in [1.82, 2.24) is 31.9 Å². The molecular weight excluding hydrogens is 1050 g/mol. The van der Waals surface area contributed by atoms with Gasteiger partial charge in [0.25, 0.3) is 11.8 Å². The van der Waals surface area contributed by atoms with Crippen molar-refractivity contribution >= 4 is 35.4 Å². The standard InChI is InChI=1S/C65H119N7O11/c1-23-50(73)67-33-59(9,10)41-81-42-60(11,12)34-68-51(74)31-57(5,6)39-79-44-62(15,16)36-70-53(76)47-28-48(30-49(29-47)83-27-26-66)54(77)71-37-63(17,18)45-80-40-58(7,8)32-52(75)69-35-61(13,14)43-82-46-64(19,20)38-72-55(78)65(21,22)25-24-56(2,3)4/h28-30H,23-27,31-46,66H2,1-22H3,(H,67,73)(H,68,74)(H,69,75)(H,70,76)(H,71,77)(H,72,78). The molecule has 1 rings (SSSR count). The molecule has 1 aromatic carbocycles. The van der Waals surface area contributed by atoms with Crippen LogP contribution in [-0.4, -0.2) is 141 Å². The van der Waals surface area contributed by atoms with Gasteiger partial charge in [-0.15, -0.1) is 0 Å². The second-order valence-corrected chi connectivity index (χ2v) is 31.7. The van der Waals surface area contributed by atoms with Crippen molar-refractivity contribution < 1.29 is 52.5 Å². The lowest BCUT2D eigenvalue weighted by Gasteiger charge is -2.32. The van der Waals surface area contributed by atoms with Crippen molar-refractivity contribution in [3.8, 4) is 5.75 Å². The van der Waals surface area contributed by atoms with E-state index in [4.69, 9.17) is 29.4 Å². The summed E-state index contributed by atoms with van der Waals surface area (Å²) in [6, 6.07) is 4.71. The van der Waals surface area contributed by atoms with Crippen molar-refractivity contribution in [2.45, 2.75) is 184 Å². The Bertz CT molecular complexity index is 2210. The third-order valence-electron chi connectivity index (χ3n) is 13.9. The van der Waals surface area contributed by atoms with E-state index in [9.17, 15) is 28.8 Å². The van der Waals surface area contributed by atoms with E-state index in [0.29, 0.717) is 91.2 Å². The Morgan fingerprint density at radius 1 is 0.398 bits per heavy atom. The van der Waals surface area contributed by atoms with Gasteiger partial charge in [-0.25, -0.2) is 0 Å². The van der Waals surface area contributed by atoms with Crippen LogP contribution in [0.25, 0.3) is 0 Å². The zero-order valence-corrected chi connectivity index (χ0v) is 56.1. The van der Waals surface area contributed by atoms with Crippen molar-refractivity contribution in [3.63, 3.8) is 0 Å². The smallest absolute Gasteiger partial charge is 0.251 e. The van der Waals surface area contributed by atoms with Gasteiger partial charge < -0.3 is 61.3 Å². The van der Waals surface area contributed by atoms with Crippen LogP contribution >= 0.6 is 0 Å². The quantitative estimate of drug-likeness (QED) is 0.0324. The lowest BCUT2D eigenvalue weighted by Crippen LogP contribution is -2.44. The molecule has 0 unspecified atom stereocenters. The molecule has 18 heteroatoms. The second-order valence-electron chi connectivity index (χ2n) is 31.7. The summed E-state index contributed by atoms with van der Waals surface area (Å²) in [6.07, 6.45) is 2.74. The van der Waals surface area contributed by atoms with Gasteiger partial charge in [0.15, 0.2) is 0 Å². The molecule has 0 aliphatic carbocycles. The number of rotatable bonds is 41. The van der Waals surface area contributed by atoms with Crippen LogP contribution in [0.3, 0.4) is 0 Å². The van der Waals surface area contributed by atoms with Crippen molar-refractivity contribution in [3.05, 3.63) is 29.3 Å². The average molecular weight is 1170 g/mol. The van der Waals surface area contributed by atoms with E-state index in [1.165, 1.54) is 6.07 Å². The van der Waals surface area contributed by atoms with Crippen molar-refractivity contribution in [2.24, 2.45) is 59.9 Å². The first-order valence-electron chi connectivity index (χ1n) is 30.2. The summed E-state index contributed by atoms with van der Waals surface area (Å²) in [4.78, 5) is 78.4. The zero-order chi connectivity index (χ0) is 63.9. The molecule has 0 spiro atoms. The van der Waals surface area contributed by atoms with Crippen LogP contribution in [0.2, 0.25) is 0 Å². The lowest BCUT2D eigenvalue weighted by molar-refractivity contribution is -0.130. The molecule has 0 fully saturated rings. The average Bonchev–Trinajstić information content (AvgIpc) is 3.36. The van der Waals surface area contributed by atoms with Gasteiger partial charge >= 0.3 is 0 Å². The van der Waals surface area contributed by atoms with Gasteiger partial charge in [-0.2, -0.15) is 0 Å². The maximum Gasteiger partial charge on any atom is 0.251 e. The summed E-state index contributed by atoms with van der Waals surface area (Å²) in [5.41, 5.74) is 2.94. The number of hydrogen-bond donors (Lipinski definition) is 7. The first kappa shape index (κ1) is 76.7. The molecule has 8 N–H and O–H groups in total. The summed E-state index contributed by atoms with van der Waals surface area (Å²) < 4.78 is 30.3. The van der Waals surface area contributed by atoms with Crippen molar-refractivity contribution in [2.75, 3.05) is 105 Å². The van der Waals surface area contributed by atoms with E-state index >= 15 is 0 Å². The van der Waals surface area contributed by atoms with Crippen molar-refractivity contribution in [1.29, 1.82) is 0 Å². The number of carbonyl (C=O) groups excluding carboxylic acids is 6. The molecule has 0 aliphatic heterocycles. The number of hydrogen-bond acceptors (Lipinski definition) is 12. The number of carbonyl (C=O) groups is 6. The van der Waals surface area contributed by atoms with Gasteiger partial charge in [0.2, 0.25) is 23.6 Å². The fourth-order valence-corrected chi connectivity index (χ4v) is 8.28. The number of nitrogens with one attached hydrogen (secondary N) is 6. The van der Waals surface area contributed by atoms with Crippen LogP contribution in [0.4, 0.5) is 0 Å². The Morgan fingerprint density at radius 3 is 1.01 bits per heavy atom. The van der Waals surface area contributed by atoms with Crippen LogP contribution in [-0.2, 0) is 38.1 Å². The molecule has 0 heterocycles. The van der Waals surface area contributed by atoms with Gasteiger partial charge in [0.05, 0.1) is 52.9 Å². The molecule has 0 saturated carbocycles. The highest BCUT2D eigenvalue weighted by Gasteiger charge is 2.33. The van der Waals surface area contributed by atoms with E-state index in [1.807, 2.05) is 104 Å². The molecule has 0 aromatic heterocycles. The maximum absolute atomic E-state index is 13.7. The summed E-state index contributed by atoms with van der Waals surface area (Å²) in [6.45, 7) is 50.7. The molecule has 83 heavy (non-hydrogen) atoms. The van der Waals surface area contributed by atoms with Gasteiger partial charge in [-0.05, 0) is 47.3 Å². The molecule has 0 atom stereocenters. The van der Waals surface area contributed by atoms with Gasteiger partial charge in [-0.3, -0.25) is 28.8 Å². The minimum Gasteiger partial charge on any atom is -0.492 e. The second kappa shape index (κ2) is 33.0. The molecule has 18 nitrogen and oxygen atoms in total. The lowest BCUT2D eigenvalue weighted by atomic mass is 9.79. The molecule has 0 saturated heterocycles. The molecule has 0 aliphatic rings. The number of nitrogens with two attached hydrogens (primary N) is 1.